The Kier molecular flexibility index (Phi) is 4.28. The molecule has 1 fully saturated rings. The van der Waals surface area contributed by atoms with Crippen molar-refractivity contribution in [2.45, 2.75) is 63.3 Å². The van der Waals surface area contributed by atoms with Crippen LogP contribution in [0.3, 0.4) is 0 Å². The van der Waals surface area contributed by atoms with Gasteiger partial charge in [-0.15, -0.1) is 11.6 Å². The van der Waals surface area contributed by atoms with Gasteiger partial charge >= 0.3 is 0 Å². The molecule has 1 aliphatic rings. The number of halogens is 1. The van der Waals surface area contributed by atoms with Crippen molar-refractivity contribution in [1.82, 2.24) is 9.78 Å². The molecule has 1 aliphatic carbocycles. The van der Waals surface area contributed by atoms with Crippen LogP contribution in [0.2, 0.25) is 0 Å². The van der Waals surface area contributed by atoms with E-state index in [9.17, 15) is 0 Å². The van der Waals surface area contributed by atoms with Gasteiger partial charge < -0.3 is 0 Å². The lowest BCUT2D eigenvalue weighted by molar-refractivity contribution is 0.585. The lowest BCUT2D eigenvalue weighted by atomic mass is 9.94. The largest absolute Gasteiger partial charge is 0.272 e. The fourth-order valence-electron chi connectivity index (χ4n) is 2.55. The van der Waals surface area contributed by atoms with Crippen LogP contribution in [0.25, 0.3) is 0 Å². The third-order valence-electron chi connectivity index (χ3n) is 3.44. The Labute approximate surface area is 103 Å². The van der Waals surface area contributed by atoms with Crippen molar-refractivity contribution >= 4 is 11.6 Å². The van der Waals surface area contributed by atoms with Crippen LogP contribution in [-0.2, 0) is 6.54 Å². The first-order chi connectivity index (χ1) is 7.79. The van der Waals surface area contributed by atoms with Gasteiger partial charge in [-0.05, 0) is 37.2 Å². The van der Waals surface area contributed by atoms with Crippen LogP contribution in [0, 0.1) is 0 Å². The molecule has 0 aliphatic heterocycles. The summed E-state index contributed by atoms with van der Waals surface area (Å²) in [6.07, 6.45) is 11.6. The van der Waals surface area contributed by atoms with Crippen LogP contribution in [0.5, 0.6) is 0 Å². The van der Waals surface area contributed by atoms with Crippen molar-refractivity contribution in [2.75, 3.05) is 0 Å². The van der Waals surface area contributed by atoms with Gasteiger partial charge in [0.05, 0.1) is 6.20 Å². The molecule has 90 valence electrons. The maximum atomic E-state index is 6.31. The van der Waals surface area contributed by atoms with Crippen molar-refractivity contribution in [1.29, 1.82) is 0 Å². The van der Waals surface area contributed by atoms with Gasteiger partial charge in [0, 0.05) is 18.1 Å². The minimum absolute atomic E-state index is 0.363. The highest BCUT2D eigenvalue weighted by Crippen LogP contribution is 2.33. The monoisotopic (exact) mass is 240 g/mol. The maximum Gasteiger partial charge on any atom is 0.0524 e. The van der Waals surface area contributed by atoms with Crippen LogP contribution in [0.4, 0.5) is 0 Å². The quantitative estimate of drug-likeness (QED) is 0.578. The third-order valence-corrected chi connectivity index (χ3v) is 3.83. The standard InChI is InChI=1S/C13H21ClN2/c1-2-7-16-10-12(9-15-16)11-5-3-4-6-13(14)8-11/h9-11,13H,2-8H2,1H3. The van der Waals surface area contributed by atoms with E-state index in [0.29, 0.717) is 11.3 Å². The molecule has 1 heterocycles. The van der Waals surface area contributed by atoms with Gasteiger partial charge in [0.2, 0.25) is 0 Å². The Bertz CT molecular complexity index is 321. The molecule has 1 aromatic heterocycles. The molecule has 0 aromatic carbocycles. The molecule has 2 atom stereocenters. The molecule has 3 heteroatoms. The van der Waals surface area contributed by atoms with Crippen LogP contribution < -0.4 is 0 Å². The summed E-state index contributed by atoms with van der Waals surface area (Å²) in [6, 6.07) is 0. The molecule has 2 rings (SSSR count). The second-order valence-electron chi connectivity index (χ2n) is 4.85. The highest BCUT2D eigenvalue weighted by molar-refractivity contribution is 6.20. The summed E-state index contributed by atoms with van der Waals surface area (Å²) in [4.78, 5) is 0. The van der Waals surface area contributed by atoms with Gasteiger partial charge in [0.15, 0.2) is 0 Å². The van der Waals surface area contributed by atoms with Gasteiger partial charge in [-0.3, -0.25) is 4.68 Å². The molecule has 0 amide bonds. The van der Waals surface area contributed by atoms with E-state index in [2.05, 4.69) is 22.9 Å². The molecule has 1 saturated carbocycles. The number of hydrogen-bond acceptors (Lipinski definition) is 1. The Morgan fingerprint density at radius 3 is 3.06 bits per heavy atom. The first kappa shape index (κ1) is 12.0. The second-order valence-corrected chi connectivity index (χ2v) is 5.47. The summed E-state index contributed by atoms with van der Waals surface area (Å²) < 4.78 is 2.06. The molecular weight excluding hydrogens is 220 g/mol. The van der Waals surface area contributed by atoms with Crippen molar-refractivity contribution in [2.24, 2.45) is 0 Å². The van der Waals surface area contributed by atoms with Crippen molar-refractivity contribution in [3.05, 3.63) is 18.0 Å². The molecule has 0 saturated heterocycles. The number of alkyl halides is 1. The third kappa shape index (κ3) is 3.00. The highest BCUT2D eigenvalue weighted by atomic mass is 35.5. The van der Waals surface area contributed by atoms with Gasteiger partial charge in [-0.2, -0.15) is 5.10 Å². The maximum absolute atomic E-state index is 6.31. The molecule has 2 nitrogen and oxygen atoms in total. The first-order valence-corrected chi connectivity index (χ1v) is 6.89. The fraction of sp³-hybridized carbons (Fsp3) is 0.769. The van der Waals surface area contributed by atoms with Gasteiger partial charge in [-0.1, -0.05) is 19.8 Å². The molecule has 1 aromatic rings. The van der Waals surface area contributed by atoms with E-state index in [-0.39, 0.29) is 0 Å². The normalized spacial score (nSPS) is 26.6. The summed E-state index contributed by atoms with van der Waals surface area (Å²) in [5, 5.41) is 4.77. The number of aromatic nitrogens is 2. The van der Waals surface area contributed by atoms with Crippen molar-refractivity contribution < 1.29 is 0 Å². The van der Waals surface area contributed by atoms with Crippen LogP contribution in [0.15, 0.2) is 12.4 Å². The fourth-order valence-corrected chi connectivity index (χ4v) is 2.91. The zero-order valence-corrected chi connectivity index (χ0v) is 10.8. The predicted molar refractivity (Wildman–Crippen MR) is 68.0 cm³/mol. The van der Waals surface area contributed by atoms with E-state index in [1.807, 2.05) is 6.20 Å². The molecule has 0 radical (unpaired) electrons. The number of aryl methyl sites for hydroxylation is 1. The molecular formula is C13H21ClN2. The predicted octanol–water partition coefficient (Wildman–Crippen LogP) is 3.95. The van der Waals surface area contributed by atoms with Gasteiger partial charge in [0.25, 0.3) is 0 Å². The SMILES string of the molecule is CCCn1cc(C2CCCCC(Cl)C2)cn1. The van der Waals surface area contributed by atoms with E-state index in [4.69, 9.17) is 11.6 Å². The average Bonchev–Trinajstić information content (AvgIpc) is 2.61. The zero-order chi connectivity index (χ0) is 11.4. The average molecular weight is 241 g/mol. The Hall–Kier alpha value is -0.500. The van der Waals surface area contributed by atoms with E-state index < -0.39 is 0 Å². The van der Waals surface area contributed by atoms with Gasteiger partial charge in [-0.25, -0.2) is 0 Å². The summed E-state index contributed by atoms with van der Waals surface area (Å²) in [5.41, 5.74) is 1.39. The lowest BCUT2D eigenvalue weighted by Gasteiger charge is -2.13. The Morgan fingerprint density at radius 2 is 2.25 bits per heavy atom. The second kappa shape index (κ2) is 5.72. The summed E-state index contributed by atoms with van der Waals surface area (Å²) >= 11 is 6.31. The zero-order valence-electron chi connectivity index (χ0n) is 10.0. The van der Waals surface area contributed by atoms with Crippen LogP contribution >= 0.6 is 11.6 Å². The van der Waals surface area contributed by atoms with E-state index in [0.717, 1.165) is 19.4 Å². The van der Waals surface area contributed by atoms with Crippen molar-refractivity contribution in [3.63, 3.8) is 0 Å². The molecule has 16 heavy (non-hydrogen) atoms. The molecule has 0 bridgehead atoms. The Balaban J connectivity index is 2.03. The smallest absolute Gasteiger partial charge is 0.0524 e. The van der Waals surface area contributed by atoms with E-state index in [1.165, 1.54) is 31.2 Å². The summed E-state index contributed by atoms with van der Waals surface area (Å²) in [6.45, 7) is 3.21. The first-order valence-electron chi connectivity index (χ1n) is 6.46. The van der Waals surface area contributed by atoms with Gasteiger partial charge in [0.1, 0.15) is 0 Å². The minimum Gasteiger partial charge on any atom is -0.272 e. The number of rotatable bonds is 3. The molecule has 2 unspecified atom stereocenters. The Morgan fingerprint density at radius 1 is 1.44 bits per heavy atom. The molecule has 0 N–H and O–H groups in total. The van der Waals surface area contributed by atoms with Crippen LogP contribution in [0.1, 0.15) is 56.9 Å². The topological polar surface area (TPSA) is 17.8 Å². The minimum atomic E-state index is 0.363. The summed E-state index contributed by atoms with van der Waals surface area (Å²) in [5.74, 6) is 0.635. The van der Waals surface area contributed by atoms with E-state index >= 15 is 0 Å². The number of nitrogens with zero attached hydrogens (tertiary/aromatic N) is 2. The highest BCUT2D eigenvalue weighted by Gasteiger charge is 2.20. The number of hydrogen-bond donors (Lipinski definition) is 0. The van der Waals surface area contributed by atoms with Crippen LogP contribution in [-0.4, -0.2) is 15.2 Å². The van der Waals surface area contributed by atoms with E-state index in [1.54, 1.807) is 0 Å². The summed E-state index contributed by atoms with van der Waals surface area (Å²) in [7, 11) is 0. The molecule has 0 spiro atoms. The van der Waals surface area contributed by atoms with Crippen molar-refractivity contribution in [3.8, 4) is 0 Å². The lowest BCUT2D eigenvalue weighted by Crippen LogP contribution is -2.03.